The zero-order valence-corrected chi connectivity index (χ0v) is 11.1. The third-order valence-electron chi connectivity index (χ3n) is 0.450. The van der Waals surface area contributed by atoms with E-state index in [0.717, 1.165) is 0 Å². The van der Waals surface area contributed by atoms with E-state index < -0.39 is 16.5 Å². The Morgan fingerprint density at radius 1 is 0.688 bits per heavy atom. The lowest BCUT2D eigenvalue weighted by Gasteiger charge is -1.82. The van der Waals surface area contributed by atoms with Crippen molar-refractivity contribution in [3.8, 4) is 0 Å². The molecule has 2 atom stereocenters. The Balaban J connectivity index is -0.0000000771. The molecule has 5 nitrogen and oxygen atoms in total. The highest BCUT2D eigenvalue weighted by Gasteiger charge is 2.46. The predicted molar refractivity (Wildman–Crippen MR) is 68.4 cm³/mol. The summed E-state index contributed by atoms with van der Waals surface area (Å²) in [5.41, 5.74) is 0. The summed E-state index contributed by atoms with van der Waals surface area (Å²) in [6, 6.07) is 0. The molecule has 1 fully saturated rings. The maximum absolute atomic E-state index is 10.1. The van der Waals surface area contributed by atoms with Gasteiger partial charge in [0.25, 0.3) is 6.79 Å². The van der Waals surface area contributed by atoms with Crippen LogP contribution in [0.1, 0.15) is 0 Å². The first-order valence-corrected chi connectivity index (χ1v) is 5.86. The van der Waals surface area contributed by atoms with Crippen LogP contribution < -0.4 is 0 Å². The van der Waals surface area contributed by atoms with Crippen molar-refractivity contribution in [2.45, 2.75) is 0 Å². The molecule has 1 rings (SSSR count). The SMILES string of the molecule is C=C.C=C.C=C.C=C.O=[P+]1OCO[P+](=O)O1. The van der Waals surface area contributed by atoms with Gasteiger partial charge in [0, 0.05) is 9.13 Å². The average Bonchev–Trinajstić information content (AvgIpc) is 2.39. The molecule has 0 bridgehead atoms. The predicted octanol–water partition coefficient (Wildman–Crippen LogP) is 4.53. The number of rotatable bonds is 0. The second kappa shape index (κ2) is 29.2. The van der Waals surface area contributed by atoms with E-state index in [9.17, 15) is 9.13 Å². The summed E-state index contributed by atoms with van der Waals surface area (Å²) in [5.74, 6) is 0. The molecule has 1 aliphatic rings. The van der Waals surface area contributed by atoms with E-state index in [2.05, 4.69) is 66.0 Å². The molecular weight excluding hydrogens is 250 g/mol. The third kappa shape index (κ3) is 23.1. The standard InChI is InChI=1S/4C2H4.CH2O5P2/c4*1-2;2-7-4-1-5-8(3)6-7/h4*1-2H2;1H2/q;;;;+2. The van der Waals surface area contributed by atoms with E-state index in [1.165, 1.54) is 0 Å². The smallest absolute Gasteiger partial charge is 0.106 e. The highest BCUT2D eigenvalue weighted by atomic mass is 31.2. The fourth-order valence-electron chi connectivity index (χ4n) is 0.211. The first-order chi connectivity index (χ1) is 7.79. The molecule has 92 valence electrons. The minimum atomic E-state index is -2.19. The van der Waals surface area contributed by atoms with E-state index in [0.29, 0.717) is 0 Å². The zero-order valence-electron chi connectivity index (χ0n) is 9.30. The summed E-state index contributed by atoms with van der Waals surface area (Å²) in [6.07, 6.45) is 0. The molecule has 0 N–H and O–H groups in total. The van der Waals surface area contributed by atoms with Gasteiger partial charge in [0.2, 0.25) is 0 Å². The molecule has 1 heterocycles. The average molecular weight is 268 g/mol. The van der Waals surface area contributed by atoms with Crippen LogP contribution in [0.5, 0.6) is 0 Å². The van der Waals surface area contributed by atoms with Gasteiger partial charge in [0.05, 0.1) is 0 Å². The van der Waals surface area contributed by atoms with E-state index >= 15 is 0 Å². The van der Waals surface area contributed by atoms with Gasteiger partial charge in [-0.15, -0.1) is 52.6 Å². The molecule has 0 radical (unpaired) electrons. The number of hydrogen-bond donors (Lipinski definition) is 0. The van der Waals surface area contributed by atoms with Gasteiger partial charge in [0.15, 0.2) is 4.31 Å². The summed E-state index contributed by atoms with van der Waals surface area (Å²) in [7, 11) is -4.38. The monoisotopic (exact) mass is 268 g/mol. The van der Waals surface area contributed by atoms with Gasteiger partial charge in [-0.25, -0.2) is 0 Å². The molecule has 0 aromatic rings. The van der Waals surface area contributed by atoms with Crippen LogP contribution in [0.4, 0.5) is 0 Å². The van der Waals surface area contributed by atoms with Gasteiger partial charge in [-0.05, 0) is 0 Å². The van der Waals surface area contributed by atoms with Gasteiger partial charge in [0.1, 0.15) is 0 Å². The lowest BCUT2D eigenvalue weighted by molar-refractivity contribution is 0.0870. The summed E-state index contributed by atoms with van der Waals surface area (Å²) in [5, 5.41) is 0. The topological polar surface area (TPSA) is 61.8 Å². The molecule has 2 unspecified atom stereocenters. The Bertz CT molecular complexity index is 165. The Labute approximate surface area is 99.0 Å². The van der Waals surface area contributed by atoms with Gasteiger partial charge < -0.3 is 0 Å². The van der Waals surface area contributed by atoms with Crippen molar-refractivity contribution in [1.29, 1.82) is 0 Å². The minimum absolute atomic E-state index is 0.218. The van der Waals surface area contributed by atoms with Crippen LogP contribution in [0.25, 0.3) is 0 Å². The Morgan fingerprint density at radius 2 is 0.938 bits per heavy atom. The largest absolute Gasteiger partial charge is 0.750 e. The van der Waals surface area contributed by atoms with Crippen molar-refractivity contribution in [2.75, 3.05) is 6.79 Å². The van der Waals surface area contributed by atoms with Crippen molar-refractivity contribution >= 4 is 16.5 Å². The minimum Gasteiger partial charge on any atom is -0.106 e. The highest BCUT2D eigenvalue weighted by molar-refractivity contribution is 7.48. The molecule has 0 aromatic carbocycles. The Kier molecular flexibility index (Phi) is 44.4. The highest BCUT2D eigenvalue weighted by Crippen LogP contribution is 2.44. The molecule has 1 saturated heterocycles. The fourth-order valence-corrected chi connectivity index (χ4v) is 1.38. The molecule has 1 aliphatic heterocycles. The third-order valence-corrected chi connectivity index (χ3v) is 2.15. The van der Waals surface area contributed by atoms with Crippen LogP contribution in [0.3, 0.4) is 0 Å². The Morgan fingerprint density at radius 3 is 1.06 bits per heavy atom. The van der Waals surface area contributed by atoms with Crippen LogP contribution in [-0.4, -0.2) is 6.79 Å². The molecular formula is C9H18O5P2+2. The van der Waals surface area contributed by atoms with Crippen molar-refractivity contribution in [3.05, 3.63) is 52.6 Å². The normalized spacial score (nSPS) is 16.2. The van der Waals surface area contributed by atoms with Crippen LogP contribution in [0.15, 0.2) is 52.6 Å². The fraction of sp³-hybridized carbons (Fsp3) is 0.111. The maximum Gasteiger partial charge on any atom is 0.750 e. The van der Waals surface area contributed by atoms with Crippen molar-refractivity contribution in [3.63, 3.8) is 0 Å². The maximum atomic E-state index is 10.1. The molecule has 0 aromatic heterocycles. The van der Waals surface area contributed by atoms with E-state index in [1.807, 2.05) is 0 Å². The summed E-state index contributed by atoms with van der Waals surface area (Å²) >= 11 is 0. The molecule has 0 amide bonds. The van der Waals surface area contributed by atoms with Gasteiger partial charge >= 0.3 is 16.5 Å². The summed E-state index contributed by atoms with van der Waals surface area (Å²) < 4.78 is 32.7. The van der Waals surface area contributed by atoms with Crippen LogP contribution in [0, 0.1) is 0 Å². The lowest BCUT2D eigenvalue weighted by Crippen LogP contribution is -1.93. The summed E-state index contributed by atoms with van der Waals surface area (Å²) in [6.45, 7) is 23.8. The first-order valence-electron chi connectivity index (χ1n) is 3.67. The van der Waals surface area contributed by atoms with Crippen molar-refractivity contribution in [2.24, 2.45) is 0 Å². The lowest BCUT2D eigenvalue weighted by atomic mass is 11.3. The van der Waals surface area contributed by atoms with Gasteiger partial charge in [-0.2, -0.15) is 0 Å². The Hall–Kier alpha value is -0.960. The van der Waals surface area contributed by atoms with Gasteiger partial charge in [-0.1, -0.05) is 9.05 Å². The molecule has 7 heteroatoms. The van der Waals surface area contributed by atoms with Crippen LogP contribution in [0.2, 0.25) is 0 Å². The second-order valence-corrected chi connectivity index (χ2v) is 2.97. The van der Waals surface area contributed by atoms with Crippen molar-refractivity contribution < 1.29 is 22.5 Å². The molecule has 0 saturated carbocycles. The van der Waals surface area contributed by atoms with E-state index in [-0.39, 0.29) is 6.79 Å². The van der Waals surface area contributed by atoms with Crippen LogP contribution in [-0.2, 0) is 22.5 Å². The quantitative estimate of drug-likeness (QED) is 0.477. The zero-order chi connectivity index (χ0) is 14.0. The van der Waals surface area contributed by atoms with Gasteiger partial charge in [-0.3, -0.25) is 0 Å². The van der Waals surface area contributed by atoms with E-state index in [1.54, 1.807) is 0 Å². The molecule has 0 aliphatic carbocycles. The molecule has 0 spiro atoms. The van der Waals surface area contributed by atoms with Crippen molar-refractivity contribution in [1.82, 2.24) is 0 Å². The molecule has 16 heavy (non-hydrogen) atoms. The number of hydrogen-bond acceptors (Lipinski definition) is 5. The second-order valence-electron chi connectivity index (χ2n) is 0.905. The van der Waals surface area contributed by atoms with E-state index in [4.69, 9.17) is 0 Å². The first kappa shape index (κ1) is 24.3. The summed E-state index contributed by atoms with van der Waals surface area (Å²) in [4.78, 5) is 0. The van der Waals surface area contributed by atoms with Crippen LogP contribution >= 0.6 is 16.5 Å².